The average molecular weight is 250 g/mol. The fraction of sp³-hybridized carbons (Fsp3) is 0.263. The van der Waals surface area contributed by atoms with Crippen LogP contribution < -0.4 is 0 Å². The summed E-state index contributed by atoms with van der Waals surface area (Å²) >= 11 is 0. The summed E-state index contributed by atoms with van der Waals surface area (Å²) in [5.41, 5.74) is 6.67. The lowest BCUT2D eigenvalue weighted by atomic mass is 9.92. The van der Waals surface area contributed by atoms with Crippen LogP contribution in [0.4, 0.5) is 0 Å². The summed E-state index contributed by atoms with van der Waals surface area (Å²) in [5, 5.41) is 0. The fourth-order valence-corrected chi connectivity index (χ4v) is 2.25. The van der Waals surface area contributed by atoms with Crippen LogP contribution in [0.1, 0.15) is 36.1 Å². The second kappa shape index (κ2) is 5.88. The SMILES string of the molecule is Cc1ccc(/C(=C/c2ccccc2C)C(C)C)cc1. The number of aryl methyl sites for hydroxylation is 2. The van der Waals surface area contributed by atoms with Crippen molar-refractivity contribution in [2.45, 2.75) is 27.7 Å². The van der Waals surface area contributed by atoms with Crippen molar-refractivity contribution >= 4 is 11.6 Å². The zero-order chi connectivity index (χ0) is 13.8. The highest BCUT2D eigenvalue weighted by atomic mass is 14.1. The minimum absolute atomic E-state index is 0.516. The molecule has 0 nitrogen and oxygen atoms in total. The van der Waals surface area contributed by atoms with Crippen LogP contribution in [0.5, 0.6) is 0 Å². The normalized spacial score (nSPS) is 11.9. The summed E-state index contributed by atoms with van der Waals surface area (Å²) < 4.78 is 0. The molecule has 0 atom stereocenters. The van der Waals surface area contributed by atoms with Gasteiger partial charge in [0.25, 0.3) is 0 Å². The summed E-state index contributed by atoms with van der Waals surface area (Å²) in [6.07, 6.45) is 2.32. The average Bonchev–Trinajstić information content (AvgIpc) is 2.39. The molecule has 0 bridgehead atoms. The molecule has 0 unspecified atom stereocenters. The van der Waals surface area contributed by atoms with Crippen LogP contribution >= 0.6 is 0 Å². The monoisotopic (exact) mass is 250 g/mol. The molecule has 0 heteroatoms. The Morgan fingerprint density at radius 1 is 0.895 bits per heavy atom. The van der Waals surface area contributed by atoms with Crippen LogP contribution in [0.2, 0.25) is 0 Å². The summed E-state index contributed by atoms with van der Waals surface area (Å²) in [4.78, 5) is 0. The summed E-state index contributed by atoms with van der Waals surface area (Å²) in [5.74, 6) is 0.516. The molecule has 0 aliphatic rings. The van der Waals surface area contributed by atoms with Gasteiger partial charge in [-0.3, -0.25) is 0 Å². The Balaban J connectivity index is 2.46. The van der Waals surface area contributed by atoms with Crippen molar-refractivity contribution < 1.29 is 0 Å². The Hall–Kier alpha value is -1.82. The lowest BCUT2D eigenvalue weighted by molar-refractivity contribution is 0.859. The summed E-state index contributed by atoms with van der Waals surface area (Å²) in [6, 6.07) is 17.4. The molecule has 2 aromatic carbocycles. The third kappa shape index (κ3) is 3.35. The van der Waals surface area contributed by atoms with E-state index in [9.17, 15) is 0 Å². The minimum Gasteiger partial charge on any atom is -0.0620 e. The molecular weight excluding hydrogens is 228 g/mol. The molecule has 0 N–H and O–H groups in total. The van der Waals surface area contributed by atoms with E-state index in [1.807, 2.05) is 0 Å². The molecule has 0 saturated heterocycles. The number of hydrogen-bond donors (Lipinski definition) is 0. The molecule has 0 fully saturated rings. The first-order valence-electron chi connectivity index (χ1n) is 6.92. The molecule has 98 valence electrons. The van der Waals surface area contributed by atoms with Crippen molar-refractivity contribution in [1.82, 2.24) is 0 Å². The molecular formula is C19H22. The molecule has 0 amide bonds. The molecule has 2 aromatic rings. The Kier molecular flexibility index (Phi) is 4.21. The van der Waals surface area contributed by atoms with Gasteiger partial charge in [0.15, 0.2) is 0 Å². The first-order valence-corrected chi connectivity index (χ1v) is 6.92. The van der Waals surface area contributed by atoms with Gasteiger partial charge in [-0.2, -0.15) is 0 Å². The van der Waals surface area contributed by atoms with Crippen molar-refractivity contribution in [2.75, 3.05) is 0 Å². The number of benzene rings is 2. The fourth-order valence-electron chi connectivity index (χ4n) is 2.25. The predicted octanol–water partition coefficient (Wildman–Crippen LogP) is 5.50. The molecule has 0 heterocycles. The maximum Gasteiger partial charge on any atom is -0.0213 e. The molecule has 0 aromatic heterocycles. The van der Waals surface area contributed by atoms with E-state index >= 15 is 0 Å². The van der Waals surface area contributed by atoms with Crippen molar-refractivity contribution in [3.8, 4) is 0 Å². The van der Waals surface area contributed by atoms with Gasteiger partial charge < -0.3 is 0 Å². The zero-order valence-corrected chi connectivity index (χ0v) is 12.3. The third-order valence-corrected chi connectivity index (χ3v) is 3.51. The Morgan fingerprint density at radius 2 is 1.53 bits per heavy atom. The quantitative estimate of drug-likeness (QED) is 0.631. The van der Waals surface area contributed by atoms with Gasteiger partial charge in [-0.15, -0.1) is 0 Å². The van der Waals surface area contributed by atoms with E-state index in [0.29, 0.717) is 5.92 Å². The van der Waals surface area contributed by atoms with E-state index in [4.69, 9.17) is 0 Å². The lowest BCUT2D eigenvalue weighted by Crippen LogP contribution is -1.94. The predicted molar refractivity (Wildman–Crippen MR) is 85.1 cm³/mol. The van der Waals surface area contributed by atoms with Gasteiger partial charge in [0.2, 0.25) is 0 Å². The first-order chi connectivity index (χ1) is 9.08. The van der Waals surface area contributed by atoms with E-state index < -0.39 is 0 Å². The van der Waals surface area contributed by atoms with E-state index in [-0.39, 0.29) is 0 Å². The Morgan fingerprint density at radius 3 is 2.11 bits per heavy atom. The van der Waals surface area contributed by atoms with Crippen LogP contribution in [-0.2, 0) is 0 Å². The molecule has 0 saturated carbocycles. The summed E-state index contributed by atoms with van der Waals surface area (Å²) in [7, 11) is 0. The van der Waals surface area contributed by atoms with Crippen molar-refractivity contribution in [1.29, 1.82) is 0 Å². The van der Waals surface area contributed by atoms with Crippen LogP contribution in [0, 0.1) is 19.8 Å². The molecule has 0 radical (unpaired) electrons. The van der Waals surface area contributed by atoms with Gasteiger partial charge in [-0.25, -0.2) is 0 Å². The van der Waals surface area contributed by atoms with Gasteiger partial charge in [0, 0.05) is 0 Å². The Bertz CT molecular complexity index is 571. The molecule has 0 spiro atoms. The standard InChI is InChI=1S/C19H22/c1-14(2)19(17-11-9-15(3)10-12-17)13-18-8-6-5-7-16(18)4/h5-14H,1-4H3/b19-13+. The molecule has 2 rings (SSSR count). The zero-order valence-electron chi connectivity index (χ0n) is 12.3. The third-order valence-electron chi connectivity index (χ3n) is 3.51. The Labute approximate surface area is 116 Å². The van der Waals surface area contributed by atoms with Gasteiger partial charge in [0.05, 0.1) is 0 Å². The number of hydrogen-bond acceptors (Lipinski definition) is 0. The van der Waals surface area contributed by atoms with E-state index in [1.54, 1.807) is 0 Å². The highest BCUT2D eigenvalue weighted by Crippen LogP contribution is 2.27. The molecule has 19 heavy (non-hydrogen) atoms. The van der Waals surface area contributed by atoms with Crippen molar-refractivity contribution in [3.05, 3.63) is 70.8 Å². The highest BCUT2D eigenvalue weighted by Gasteiger charge is 2.07. The van der Waals surface area contributed by atoms with E-state index in [2.05, 4.69) is 82.3 Å². The minimum atomic E-state index is 0.516. The lowest BCUT2D eigenvalue weighted by Gasteiger charge is -2.13. The van der Waals surface area contributed by atoms with Crippen LogP contribution in [0.25, 0.3) is 11.6 Å². The van der Waals surface area contributed by atoms with Crippen LogP contribution in [-0.4, -0.2) is 0 Å². The van der Waals surface area contributed by atoms with Crippen LogP contribution in [0.15, 0.2) is 48.5 Å². The maximum absolute atomic E-state index is 2.32. The molecule has 0 aliphatic carbocycles. The maximum atomic E-state index is 2.32. The first kappa shape index (κ1) is 13.6. The van der Waals surface area contributed by atoms with Gasteiger partial charge in [0.1, 0.15) is 0 Å². The van der Waals surface area contributed by atoms with E-state index in [1.165, 1.54) is 27.8 Å². The van der Waals surface area contributed by atoms with Crippen molar-refractivity contribution in [2.24, 2.45) is 5.92 Å². The van der Waals surface area contributed by atoms with Crippen LogP contribution in [0.3, 0.4) is 0 Å². The largest absolute Gasteiger partial charge is 0.0620 e. The van der Waals surface area contributed by atoms with Crippen molar-refractivity contribution in [3.63, 3.8) is 0 Å². The second-order valence-corrected chi connectivity index (χ2v) is 5.48. The highest BCUT2D eigenvalue weighted by molar-refractivity contribution is 5.83. The molecule has 0 aliphatic heterocycles. The second-order valence-electron chi connectivity index (χ2n) is 5.48. The van der Waals surface area contributed by atoms with Gasteiger partial charge in [-0.05, 0) is 42.0 Å². The topological polar surface area (TPSA) is 0 Å². The summed E-state index contributed by atoms with van der Waals surface area (Å²) in [6.45, 7) is 8.80. The van der Waals surface area contributed by atoms with Gasteiger partial charge in [-0.1, -0.05) is 74.0 Å². The number of allylic oxidation sites excluding steroid dienone is 1. The van der Waals surface area contributed by atoms with Gasteiger partial charge >= 0.3 is 0 Å². The van der Waals surface area contributed by atoms with E-state index in [0.717, 1.165) is 0 Å². The smallest absolute Gasteiger partial charge is 0.0213 e. The number of rotatable bonds is 3.